The summed E-state index contributed by atoms with van der Waals surface area (Å²) in [5.41, 5.74) is 2.39. The molecular formula is C21H16FN3O3S. The Balaban J connectivity index is 1.56. The predicted octanol–water partition coefficient (Wildman–Crippen LogP) is 3.91. The summed E-state index contributed by atoms with van der Waals surface area (Å²) in [4.78, 5) is 29.5. The zero-order valence-corrected chi connectivity index (χ0v) is 16.2. The first-order valence-electron chi connectivity index (χ1n) is 8.71. The number of hydrogen-bond donors (Lipinski definition) is 1. The van der Waals surface area contributed by atoms with E-state index in [0.29, 0.717) is 21.7 Å². The van der Waals surface area contributed by atoms with E-state index < -0.39 is 0 Å². The number of benzene rings is 2. The third-order valence-electron chi connectivity index (χ3n) is 4.39. The highest BCUT2D eigenvalue weighted by Crippen LogP contribution is 2.30. The van der Waals surface area contributed by atoms with Crippen LogP contribution in [-0.4, -0.2) is 22.6 Å². The van der Waals surface area contributed by atoms with E-state index in [2.05, 4.69) is 10.3 Å². The highest BCUT2D eigenvalue weighted by molar-refractivity contribution is 7.17. The summed E-state index contributed by atoms with van der Waals surface area (Å²) in [6.07, 6.45) is 1.36. The number of nitrogens with zero attached hydrogens (tertiary/aromatic N) is 2. The Hall–Kier alpha value is -3.52. The van der Waals surface area contributed by atoms with Gasteiger partial charge >= 0.3 is 0 Å². The van der Waals surface area contributed by atoms with Crippen LogP contribution < -0.4 is 15.6 Å². The number of methoxy groups -OCH3 is 1. The molecule has 0 spiro atoms. The number of ether oxygens (including phenoxy) is 1. The molecule has 0 aliphatic heterocycles. The van der Waals surface area contributed by atoms with Crippen molar-refractivity contribution < 1.29 is 13.9 Å². The van der Waals surface area contributed by atoms with Crippen LogP contribution in [0.5, 0.6) is 5.75 Å². The molecular weight excluding hydrogens is 393 g/mol. The molecule has 0 radical (unpaired) electrons. The van der Waals surface area contributed by atoms with Gasteiger partial charge in [-0.1, -0.05) is 12.1 Å². The minimum atomic E-state index is -0.339. The van der Waals surface area contributed by atoms with Gasteiger partial charge < -0.3 is 10.1 Å². The van der Waals surface area contributed by atoms with Gasteiger partial charge in [-0.05, 0) is 42.0 Å². The molecule has 1 N–H and O–H groups in total. The summed E-state index contributed by atoms with van der Waals surface area (Å²) in [6.45, 7) is -0.155. The summed E-state index contributed by atoms with van der Waals surface area (Å²) < 4.78 is 20.0. The van der Waals surface area contributed by atoms with E-state index in [1.165, 1.54) is 34.4 Å². The van der Waals surface area contributed by atoms with E-state index in [-0.39, 0.29) is 23.8 Å². The average molecular weight is 409 g/mol. The standard InChI is InChI=1S/C21H16FN3O3S/c1-28-16-8-6-15(7-9-16)24-18(26)10-25-12-23-19-17(11-29-20(19)21(25)27)13-2-4-14(22)5-3-13/h2-9,11-12H,10H2,1H3,(H,24,26). The third kappa shape index (κ3) is 3.88. The number of thiophene rings is 1. The second kappa shape index (κ2) is 7.84. The second-order valence-corrected chi connectivity index (χ2v) is 7.17. The van der Waals surface area contributed by atoms with Crippen molar-refractivity contribution in [2.45, 2.75) is 6.54 Å². The van der Waals surface area contributed by atoms with Crippen LogP contribution in [0.2, 0.25) is 0 Å². The number of hydrogen-bond acceptors (Lipinski definition) is 5. The first kappa shape index (κ1) is 18.8. The highest BCUT2D eigenvalue weighted by atomic mass is 32.1. The summed E-state index contributed by atoms with van der Waals surface area (Å²) in [6, 6.07) is 12.9. The first-order chi connectivity index (χ1) is 14.0. The van der Waals surface area contributed by atoms with E-state index in [1.54, 1.807) is 43.5 Å². The Labute approximate surface area is 169 Å². The van der Waals surface area contributed by atoms with Gasteiger partial charge in [-0.3, -0.25) is 14.2 Å². The molecule has 2 aromatic carbocycles. The fourth-order valence-electron chi connectivity index (χ4n) is 2.92. The quantitative estimate of drug-likeness (QED) is 0.542. The fraction of sp³-hybridized carbons (Fsp3) is 0.0952. The van der Waals surface area contributed by atoms with Crippen LogP contribution in [0.1, 0.15) is 0 Å². The van der Waals surface area contributed by atoms with Crippen LogP contribution >= 0.6 is 11.3 Å². The van der Waals surface area contributed by atoms with Crippen molar-refractivity contribution in [1.29, 1.82) is 0 Å². The molecule has 146 valence electrons. The summed E-state index contributed by atoms with van der Waals surface area (Å²) >= 11 is 1.25. The number of aromatic nitrogens is 2. The topological polar surface area (TPSA) is 73.2 Å². The maximum Gasteiger partial charge on any atom is 0.271 e. The minimum absolute atomic E-state index is 0.155. The zero-order chi connectivity index (χ0) is 20.4. The number of carbonyl (C=O) groups is 1. The van der Waals surface area contributed by atoms with Crippen LogP contribution in [0, 0.1) is 5.82 Å². The normalized spacial score (nSPS) is 10.8. The molecule has 0 aliphatic rings. The van der Waals surface area contributed by atoms with Crippen molar-refractivity contribution >= 4 is 33.1 Å². The van der Waals surface area contributed by atoms with Gasteiger partial charge in [0.2, 0.25) is 5.91 Å². The molecule has 0 unspecified atom stereocenters. The number of anilines is 1. The monoisotopic (exact) mass is 409 g/mol. The molecule has 0 aliphatic carbocycles. The Morgan fingerprint density at radius 1 is 1.17 bits per heavy atom. The molecule has 8 heteroatoms. The molecule has 0 atom stereocenters. The van der Waals surface area contributed by atoms with Gasteiger partial charge in [0.25, 0.3) is 5.56 Å². The molecule has 2 heterocycles. The van der Waals surface area contributed by atoms with Crippen molar-refractivity contribution in [3.8, 4) is 16.9 Å². The zero-order valence-electron chi connectivity index (χ0n) is 15.4. The Bertz CT molecular complexity index is 1230. The molecule has 0 saturated carbocycles. The molecule has 29 heavy (non-hydrogen) atoms. The number of amides is 1. The highest BCUT2D eigenvalue weighted by Gasteiger charge is 2.14. The molecule has 0 bridgehead atoms. The minimum Gasteiger partial charge on any atom is -0.497 e. The summed E-state index contributed by atoms with van der Waals surface area (Å²) in [5.74, 6) is 0.0173. The van der Waals surface area contributed by atoms with Gasteiger partial charge in [-0.2, -0.15) is 0 Å². The van der Waals surface area contributed by atoms with Crippen LogP contribution in [0.15, 0.2) is 65.0 Å². The molecule has 4 rings (SSSR count). The summed E-state index contributed by atoms with van der Waals surface area (Å²) in [7, 11) is 1.56. The average Bonchev–Trinajstić information content (AvgIpc) is 3.16. The van der Waals surface area contributed by atoms with E-state index in [0.717, 1.165) is 11.1 Å². The lowest BCUT2D eigenvalue weighted by Gasteiger charge is -2.08. The number of halogens is 1. The lowest BCUT2D eigenvalue weighted by atomic mass is 10.1. The van der Waals surface area contributed by atoms with Crippen molar-refractivity contribution in [2.24, 2.45) is 0 Å². The van der Waals surface area contributed by atoms with E-state index >= 15 is 0 Å². The maximum atomic E-state index is 13.2. The molecule has 1 amide bonds. The van der Waals surface area contributed by atoms with Crippen molar-refractivity contribution in [3.63, 3.8) is 0 Å². The van der Waals surface area contributed by atoms with Gasteiger partial charge in [0.15, 0.2) is 0 Å². The third-order valence-corrected chi connectivity index (χ3v) is 5.35. The van der Waals surface area contributed by atoms with Gasteiger partial charge in [0.1, 0.15) is 22.8 Å². The van der Waals surface area contributed by atoms with E-state index in [9.17, 15) is 14.0 Å². The van der Waals surface area contributed by atoms with Crippen molar-refractivity contribution in [1.82, 2.24) is 9.55 Å². The van der Waals surface area contributed by atoms with Crippen molar-refractivity contribution in [3.05, 3.63) is 76.4 Å². The molecule has 0 saturated heterocycles. The van der Waals surface area contributed by atoms with Crippen molar-refractivity contribution in [2.75, 3.05) is 12.4 Å². The molecule has 2 aromatic heterocycles. The Kier molecular flexibility index (Phi) is 5.09. The van der Waals surface area contributed by atoms with Gasteiger partial charge in [0.05, 0.1) is 19.0 Å². The maximum absolute atomic E-state index is 13.2. The smallest absolute Gasteiger partial charge is 0.271 e. The molecule has 6 nitrogen and oxygen atoms in total. The fourth-order valence-corrected chi connectivity index (χ4v) is 3.89. The Morgan fingerprint density at radius 2 is 1.90 bits per heavy atom. The van der Waals surface area contributed by atoms with E-state index in [4.69, 9.17) is 4.74 Å². The van der Waals surface area contributed by atoms with Gasteiger partial charge in [0, 0.05) is 16.6 Å². The largest absolute Gasteiger partial charge is 0.497 e. The molecule has 4 aromatic rings. The van der Waals surface area contributed by atoms with Gasteiger partial charge in [-0.25, -0.2) is 9.37 Å². The van der Waals surface area contributed by atoms with Gasteiger partial charge in [-0.15, -0.1) is 11.3 Å². The Morgan fingerprint density at radius 3 is 2.59 bits per heavy atom. The second-order valence-electron chi connectivity index (χ2n) is 6.29. The first-order valence-corrected chi connectivity index (χ1v) is 9.59. The van der Waals surface area contributed by atoms with E-state index in [1.807, 2.05) is 5.38 Å². The number of carbonyl (C=O) groups excluding carboxylic acids is 1. The predicted molar refractivity (Wildman–Crippen MR) is 111 cm³/mol. The van der Waals surface area contributed by atoms with Crippen LogP contribution in [0.25, 0.3) is 21.3 Å². The van der Waals surface area contributed by atoms with Crippen LogP contribution in [-0.2, 0) is 11.3 Å². The number of rotatable bonds is 5. The van der Waals surface area contributed by atoms with Crippen LogP contribution in [0.3, 0.4) is 0 Å². The lowest BCUT2D eigenvalue weighted by molar-refractivity contribution is -0.116. The number of nitrogens with one attached hydrogen (secondary N) is 1. The van der Waals surface area contributed by atoms with Crippen LogP contribution in [0.4, 0.5) is 10.1 Å². The number of fused-ring (bicyclic) bond motifs is 1. The lowest BCUT2D eigenvalue weighted by Crippen LogP contribution is -2.27. The summed E-state index contributed by atoms with van der Waals surface area (Å²) in [5, 5.41) is 4.55. The molecule has 0 fully saturated rings. The SMILES string of the molecule is COc1ccc(NC(=O)Cn2cnc3c(-c4ccc(F)cc4)csc3c2=O)cc1.